The summed E-state index contributed by atoms with van der Waals surface area (Å²) in [6, 6.07) is 15.0. The van der Waals surface area contributed by atoms with E-state index in [-0.39, 0.29) is 12.4 Å². The number of hydrogen-bond donors (Lipinski definition) is 0. The summed E-state index contributed by atoms with van der Waals surface area (Å²) in [6.45, 7) is -0.618. The number of rotatable bonds is 6. The fourth-order valence-electron chi connectivity index (χ4n) is 3.21. The molecule has 6 nitrogen and oxygen atoms in total. The zero-order chi connectivity index (χ0) is 23.6. The van der Waals surface area contributed by atoms with Gasteiger partial charge in [-0.05, 0) is 42.5 Å². The van der Waals surface area contributed by atoms with E-state index in [2.05, 4.69) is 15.1 Å². The van der Waals surface area contributed by atoms with Crippen LogP contribution in [0.3, 0.4) is 0 Å². The first-order chi connectivity index (χ1) is 15.7. The monoisotopic (exact) mass is 493 g/mol. The number of nitrogens with zero attached hydrogens (tertiary/aromatic N) is 5. The van der Waals surface area contributed by atoms with Crippen LogP contribution in [0.15, 0.2) is 65.6 Å². The molecular formula is C22H16Cl2F3N5O. The fourth-order valence-corrected chi connectivity index (χ4v) is 3.55. The Morgan fingerprint density at radius 3 is 2.39 bits per heavy atom. The predicted octanol–water partition coefficient (Wildman–Crippen LogP) is 5.48. The molecule has 4 rings (SSSR count). The SMILES string of the molecule is O=c1n(Cc2ccnc(-c3ccccc3Cl)n2)nc(-c2ccc(Cl)cc2)n1CCC(F)(F)F. The van der Waals surface area contributed by atoms with Crippen molar-refractivity contribution in [1.82, 2.24) is 24.3 Å². The number of aromatic nitrogens is 5. The Morgan fingerprint density at radius 1 is 0.970 bits per heavy atom. The van der Waals surface area contributed by atoms with Gasteiger partial charge >= 0.3 is 11.9 Å². The van der Waals surface area contributed by atoms with Crippen LogP contribution in [0.2, 0.25) is 10.0 Å². The van der Waals surface area contributed by atoms with Gasteiger partial charge < -0.3 is 0 Å². The molecule has 0 aliphatic heterocycles. The van der Waals surface area contributed by atoms with E-state index in [1.54, 1.807) is 54.6 Å². The van der Waals surface area contributed by atoms with Gasteiger partial charge in [-0.15, -0.1) is 5.10 Å². The number of benzene rings is 2. The van der Waals surface area contributed by atoms with Crippen molar-refractivity contribution in [2.75, 3.05) is 0 Å². The quantitative estimate of drug-likeness (QED) is 0.356. The van der Waals surface area contributed by atoms with Crippen LogP contribution >= 0.6 is 23.2 Å². The Bertz CT molecular complexity index is 1330. The van der Waals surface area contributed by atoms with E-state index in [0.717, 1.165) is 9.25 Å². The van der Waals surface area contributed by atoms with E-state index in [1.807, 2.05) is 0 Å². The van der Waals surface area contributed by atoms with Crippen LogP contribution in [0.1, 0.15) is 12.1 Å². The molecule has 0 amide bonds. The minimum Gasteiger partial charge on any atom is -0.275 e. The first-order valence-corrected chi connectivity index (χ1v) is 10.5. The maximum absolute atomic E-state index is 13.0. The maximum Gasteiger partial charge on any atom is 0.390 e. The average molecular weight is 494 g/mol. The summed E-state index contributed by atoms with van der Waals surface area (Å²) < 4.78 is 40.7. The summed E-state index contributed by atoms with van der Waals surface area (Å²) in [4.78, 5) is 21.6. The Hall–Kier alpha value is -3.17. The highest BCUT2D eigenvalue weighted by Crippen LogP contribution is 2.25. The van der Waals surface area contributed by atoms with Gasteiger partial charge in [0.25, 0.3) is 0 Å². The van der Waals surface area contributed by atoms with Crippen LogP contribution in [-0.2, 0) is 13.1 Å². The highest BCUT2D eigenvalue weighted by atomic mass is 35.5. The molecule has 0 radical (unpaired) electrons. The molecule has 170 valence electrons. The topological polar surface area (TPSA) is 65.6 Å². The standard InChI is InChI=1S/C22H16Cl2F3N5O/c23-15-7-5-14(6-8-15)20-30-32(21(33)31(20)12-10-22(25,26)27)13-16-9-11-28-19(29-16)17-3-1-2-4-18(17)24/h1-9,11H,10,12-13H2. The Kier molecular flexibility index (Phi) is 6.53. The van der Waals surface area contributed by atoms with Gasteiger partial charge in [0.2, 0.25) is 0 Å². The van der Waals surface area contributed by atoms with Crippen LogP contribution in [0.5, 0.6) is 0 Å². The number of alkyl halides is 3. The minimum atomic E-state index is -4.42. The van der Waals surface area contributed by atoms with E-state index in [1.165, 1.54) is 6.20 Å². The molecule has 4 aromatic rings. The van der Waals surface area contributed by atoms with Crippen LogP contribution in [0, 0.1) is 0 Å². The zero-order valence-corrected chi connectivity index (χ0v) is 18.4. The van der Waals surface area contributed by atoms with Crippen LogP contribution in [0.4, 0.5) is 13.2 Å². The Morgan fingerprint density at radius 2 is 1.70 bits per heavy atom. The molecule has 2 heterocycles. The van der Waals surface area contributed by atoms with E-state index < -0.39 is 24.8 Å². The number of hydrogen-bond acceptors (Lipinski definition) is 4. The van der Waals surface area contributed by atoms with Gasteiger partial charge in [0.1, 0.15) is 0 Å². The molecule has 0 unspecified atom stereocenters. The lowest BCUT2D eigenvalue weighted by molar-refractivity contribution is -0.136. The largest absolute Gasteiger partial charge is 0.390 e. The Balaban J connectivity index is 1.71. The normalized spacial score (nSPS) is 11.7. The summed E-state index contributed by atoms with van der Waals surface area (Å²) in [5.41, 5.74) is 0.857. The average Bonchev–Trinajstić information content (AvgIpc) is 3.08. The third-order valence-electron chi connectivity index (χ3n) is 4.78. The smallest absolute Gasteiger partial charge is 0.275 e. The summed E-state index contributed by atoms with van der Waals surface area (Å²) in [6.07, 6.45) is -4.06. The zero-order valence-electron chi connectivity index (χ0n) is 16.9. The molecular weight excluding hydrogens is 478 g/mol. The second kappa shape index (κ2) is 9.36. The maximum atomic E-state index is 13.0. The van der Waals surface area contributed by atoms with Gasteiger partial charge in [-0.3, -0.25) is 4.57 Å². The highest BCUT2D eigenvalue weighted by Gasteiger charge is 2.28. The van der Waals surface area contributed by atoms with Crippen molar-refractivity contribution >= 4 is 23.2 Å². The van der Waals surface area contributed by atoms with Crippen LogP contribution in [0.25, 0.3) is 22.8 Å². The van der Waals surface area contributed by atoms with Gasteiger partial charge in [-0.2, -0.15) is 13.2 Å². The van der Waals surface area contributed by atoms with Gasteiger partial charge in [0.15, 0.2) is 11.6 Å². The fraction of sp³-hybridized carbons (Fsp3) is 0.182. The van der Waals surface area contributed by atoms with Crippen molar-refractivity contribution < 1.29 is 13.2 Å². The summed E-state index contributed by atoms with van der Waals surface area (Å²) >= 11 is 12.1. The summed E-state index contributed by atoms with van der Waals surface area (Å²) in [7, 11) is 0. The van der Waals surface area contributed by atoms with Crippen molar-refractivity contribution in [2.45, 2.75) is 25.7 Å². The van der Waals surface area contributed by atoms with Crippen molar-refractivity contribution in [1.29, 1.82) is 0 Å². The molecule has 2 aromatic heterocycles. The molecule has 0 atom stereocenters. The van der Waals surface area contributed by atoms with Gasteiger partial charge in [-0.25, -0.2) is 19.4 Å². The molecule has 0 N–H and O–H groups in total. The molecule has 33 heavy (non-hydrogen) atoms. The molecule has 2 aromatic carbocycles. The molecule has 0 saturated heterocycles. The Labute approximate surface area is 196 Å². The van der Waals surface area contributed by atoms with Crippen molar-refractivity contribution in [3.8, 4) is 22.8 Å². The second-order valence-corrected chi connectivity index (χ2v) is 7.98. The first-order valence-electron chi connectivity index (χ1n) is 9.78. The van der Waals surface area contributed by atoms with Crippen molar-refractivity contribution in [3.05, 3.63) is 87.0 Å². The molecule has 11 heteroatoms. The van der Waals surface area contributed by atoms with E-state index >= 15 is 0 Å². The molecule has 0 bridgehead atoms. The molecule has 0 saturated carbocycles. The van der Waals surface area contributed by atoms with Crippen molar-refractivity contribution in [3.63, 3.8) is 0 Å². The first kappa shape index (κ1) is 23.0. The molecule has 0 spiro atoms. The number of halogens is 5. The molecule has 0 aliphatic carbocycles. The predicted molar refractivity (Wildman–Crippen MR) is 119 cm³/mol. The van der Waals surface area contributed by atoms with Gasteiger partial charge in [-0.1, -0.05) is 35.3 Å². The van der Waals surface area contributed by atoms with Gasteiger partial charge in [0, 0.05) is 28.9 Å². The second-order valence-electron chi connectivity index (χ2n) is 7.14. The molecule has 0 aliphatic rings. The van der Waals surface area contributed by atoms with Crippen LogP contribution in [-0.4, -0.2) is 30.5 Å². The lowest BCUT2D eigenvalue weighted by atomic mass is 10.2. The summed E-state index contributed by atoms with van der Waals surface area (Å²) in [5.74, 6) is 0.474. The lowest BCUT2D eigenvalue weighted by Crippen LogP contribution is -2.27. The van der Waals surface area contributed by atoms with Crippen molar-refractivity contribution in [2.24, 2.45) is 0 Å². The van der Waals surface area contributed by atoms with E-state index in [0.29, 0.717) is 32.7 Å². The highest BCUT2D eigenvalue weighted by molar-refractivity contribution is 6.33. The van der Waals surface area contributed by atoms with Gasteiger partial charge in [0.05, 0.1) is 23.7 Å². The minimum absolute atomic E-state index is 0.0571. The van der Waals surface area contributed by atoms with E-state index in [4.69, 9.17) is 23.2 Å². The van der Waals surface area contributed by atoms with Crippen LogP contribution < -0.4 is 5.69 Å². The van der Waals surface area contributed by atoms with E-state index in [9.17, 15) is 18.0 Å². The summed E-state index contributed by atoms with van der Waals surface area (Å²) in [5, 5.41) is 5.22. The third-order valence-corrected chi connectivity index (χ3v) is 5.37. The third kappa shape index (κ3) is 5.43. The molecule has 0 fully saturated rings. The lowest BCUT2D eigenvalue weighted by Gasteiger charge is -2.08.